The first kappa shape index (κ1) is 11.5. The van der Waals surface area contributed by atoms with E-state index >= 15 is 0 Å². The molecule has 0 amide bonds. The van der Waals surface area contributed by atoms with Gasteiger partial charge in [0.1, 0.15) is 12.1 Å². The zero-order valence-corrected chi connectivity index (χ0v) is 10.2. The minimum absolute atomic E-state index is 0.203. The molecule has 0 radical (unpaired) electrons. The quantitative estimate of drug-likeness (QED) is 0.916. The minimum atomic E-state index is -0.270. The third-order valence-electron chi connectivity index (χ3n) is 2.00. The SMILES string of the molecule is C[C@@H](N)c1cc(F)ccc1Sc1ncns1. The maximum atomic E-state index is 13.1. The third kappa shape index (κ3) is 2.58. The molecule has 0 spiro atoms. The molecule has 0 fully saturated rings. The lowest BCUT2D eigenvalue weighted by Crippen LogP contribution is -2.06. The van der Waals surface area contributed by atoms with Gasteiger partial charge in [0.15, 0.2) is 4.34 Å². The van der Waals surface area contributed by atoms with Gasteiger partial charge in [0, 0.05) is 10.9 Å². The largest absolute Gasteiger partial charge is 0.324 e. The lowest BCUT2D eigenvalue weighted by Gasteiger charge is -2.10. The van der Waals surface area contributed by atoms with Crippen LogP contribution in [0.15, 0.2) is 33.8 Å². The Bertz CT molecular complexity index is 471. The zero-order chi connectivity index (χ0) is 11.5. The van der Waals surface area contributed by atoms with E-state index in [-0.39, 0.29) is 11.9 Å². The van der Waals surface area contributed by atoms with Crippen molar-refractivity contribution in [1.29, 1.82) is 0 Å². The lowest BCUT2D eigenvalue weighted by molar-refractivity contribution is 0.619. The molecule has 84 valence electrons. The first-order valence-electron chi connectivity index (χ1n) is 4.66. The Morgan fingerprint density at radius 1 is 1.50 bits per heavy atom. The van der Waals surface area contributed by atoms with E-state index in [1.54, 1.807) is 6.07 Å². The Kier molecular flexibility index (Phi) is 3.52. The number of hydrogen-bond donors (Lipinski definition) is 1. The summed E-state index contributed by atoms with van der Waals surface area (Å²) in [6, 6.07) is 4.41. The summed E-state index contributed by atoms with van der Waals surface area (Å²) in [4.78, 5) is 4.99. The first-order chi connectivity index (χ1) is 7.66. The van der Waals surface area contributed by atoms with E-state index in [1.807, 2.05) is 6.92 Å². The monoisotopic (exact) mass is 255 g/mol. The molecule has 0 aliphatic heterocycles. The van der Waals surface area contributed by atoms with Gasteiger partial charge in [0.2, 0.25) is 0 Å². The highest BCUT2D eigenvalue weighted by molar-refractivity contribution is 8.01. The van der Waals surface area contributed by atoms with Crippen molar-refractivity contribution in [2.45, 2.75) is 22.2 Å². The van der Waals surface area contributed by atoms with Gasteiger partial charge >= 0.3 is 0 Å². The average molecular weight is 255 g/mol. The Morgan fingerprint density at radius 2 is 2.31 bits per heavy atom. The van der Waals surface area contributed by atoms with Gasteiger partial charge in [-0.1, -0.05) is 11.8 Å². The lowest BCUT2D eigenvalue weighted by atomic mass is 10.1. The van der Waals surface area contributed by atoms with E-state index < -0.39 is 0 Å². The van der Waals surface area contributed by atoms with Gasteiger partial charge in [-0.15, -0.1) is 0 Å². The maximum Gasteiger partial charge on any atom is 0.174 e. The number of benzene rings is 1. The number of hydrogen-bond acceptors (Lipinski definition) is 5. The van der Waals surface area contributed by atoms with Crippen LogP contribution in [-0.2, 0) is 0 Å². The minimum Gasteiger partial charge on any atom is -0.324 e. The molecule has 1 aromatic carbocycles. The van der Waals surface area contributed by atoms with Crippen molar-refractivity contribution in [3.8, 4) is 0 Å². The van der Waals surface area contributed by atoms with Crippen molar-refractivity contribution in [2.24, 2.45) is 5.73 Å². The summed E-state index contributed by atoms with van der Waals surface area (Å²) in [5.41, 5.74) is 6.59. The molecule has 1 atom stereocenters. The van der Waals surface area contributed by atoms with Gasteiger partial charge in [-0.2, -0.15) is 4.37 Å². The molecule has 2 N–H and O–H groups in total. The molecule has 2 aromatic rings. The smallest absolute Gasteiger partial charge is 0.174 e. The number of nitrogens with zero attached hydrogens (tertiary/aromatic N) is 2. The van der Waals surface area contributed by atoms with Crippen LogP contribution >= 0.6 is 23.3 Å². The standard InChI is InChI=1S/C10H10FN3S2/c1-6(12)8-4-7(11)2-3-9(8)15-10-13-5-14-16-10/h2-6H,12H2,1H3/t6-/m1/s1. The second kappa shape index (κ2) is 4.90. The summed E-state index contributed by atoms with van der Waals surface area (Å²) in [6.07, 6.45) is 1.50. The van der Waals surface area contributed by atoms with Crippen molar-refractivity contribution in [3.63, 3.8) is 0 Å². The summed E-state index contributed by atoms with van der Waals surface area (Å²) >= 11 is 2.77. The molecule has 1 aromatic heterocycles. The summed E-state index contributed by atoms with van der Waals surface area (Å²) < 4.78 is 17.8. The number of rotatable bonds is 3. The van der Waals surface area contributed by atoms with Gasteiger partial charge < -0.3 is 5.73 Å². The molecule has 0 aliphatic carbocycles. The van der Waals surface area contributed by atoms with Crippen LogP contribution in [0.3, 0.4) is 0 Å². The summed E-state index contributed by atoms with van der Waals surface area (Å²) in [5, 5.41) is 0. The Labute approximate surface area is 101 Å². The second-order valence-electron chi connectivity index (χ2n) is 3.28. The van der Waals surface area contributed by atoms with Crippen LogP contribution in [0.25, 0.3) is 0 Å². The van der Waals surface area contributed by atoms with Crippen LogP contribution in [0.1, 0.15) is 18.5 Å². The Hall–Kier alpha value is -0.980. The van der Waals surface area contributed by atoms with Crippen molar-refractivity contribution in [2.75, 3.05) is 0 Å². The fourth-order valence-corrected chi connectivity index (χ4v) is 2.88. The Balaban J connectivity index is 2.33. The van der Waals surface area contributed by atoms with E-state index in [0.29, 0.717) is 0 Å². The molecule has 0 saturated carbocycles. The van der Waals surface area contributed by atoms with Crippen LogP contribution in [0.4, 0.5) is 4.39 Å². The predicted octanol–water partition coefficient (Wildman–Crippen LogP) is 2.85. The van der Waals surface area contributed by atoms with E-state index in [2.05, 4.69) is 9.36 Å². The molecule has 0 bridgehead atoms. The molecule has 0 unspecified atom stereocenters. The molecule has 0 saturated heterocycles. The molecule has 16 heavy (non-hydrogen) atoms. The van der Waals surface area contributed by atoms with Crippen LogP contribution < -0.4 is 5.73 Å². The molecule has 1 heterocycles. The normalized spacial score (nSPS) is 12.7. The number of aromatic nitrogens is 2. The summed E-state index contributed by atoms with van der Waals surface area (Å²) in [7, 11) is 0. The molecular weight excluding hydrogens is 245 g/mol. The molecule has 3 nitrogen and oxygen atoms in total. The van der Waals surface area contributed by atoms with Crippen molar-refractivity contribution in [3.05, 3.63) is 35.9 Å². The second-order valence-corrected chi connectivity index (χ2v) is 5.35. The van der Waals surface area contributed by atoms with Gasteiger partial charge in [-0.3, -0.25) is 0 Å². The van der Waals surface area contributed by atoms with Crippen LogP contribution in [0, 0.1) is 5.82 Å². The van der Waals surface area contributed by atoms with Gasteiger partial charge in [0.25, 0.3) is 0 Å². The van der Waals surface area contributed by atoms with E-state index in [1.165, 1.54) is 41.8 Å². The van der Waals surface area contributed by atoms with E-state index in [9.17, 15) is 4.39 Å². The van der Waals surface area contributed by atoms with Gasteiger partial charge in [-0.25, -0.2) is 9.37 Å². The maximum absolute atomic E-state index is 13.1. The highest BCUT2D eigenvalue weighted by Gasteiger charge is 2.11. The summed E-state index contributed by atoms with van der Waals surface area (Å²) in [5.74, 6) is -0.270. The topological polar surface area (TPSA) is 51.8 Å². The van der Waals surface area contributed by atoms with Crippen LogP contribution in [-0.4, -0.2) is 9.36 Å². The fraction of sp³-hybridized carbons (Fsp3) is 0.200. The van der Waals surface area contributed by atoms with Crippen molar-refractivity contribution >= 4 is 23.3 Å². The molecule has 2 rings (SSSR count). The number of halogens is 1. The fourth-order valence-electron chi connectivity index (χ4n) is 1.27. The van der Waals surface area contributed by atoms with Crippen LogP contribution in [0.5, 0.6) is 0 Å². The zero-order valence-electron chi connectivity index (χ0n) is 8.55. The summed E-state index contributed by atoms with van der Waals surface area (Å²) in [6.45, 7) is 1.83. The molecule has 0 aliphatic rings. The number of nitrogens with two attached hydrogens (primary N) is 1. The molecular formula is C10H10FN3S2. The van der Waals surface area contributed by atoms with Crippen molar-refractivity contribution < 1.29 is 4.39 Å². The molecule has 6 heteroatoms. The average Bonchev–Trinajstić information content (AvgIpc) is 2.73. The third-order valence-corrected chi connectivity index (χ3v) is 3.81. The highest BCUT2D eigenvalue weighted by atomic mass is 32.2. The highest BCUT2D eigenvalue weighted by Crippen LogP contribution is 2.33. The van der Waals surface area contributed by atoms with Crippen molar-refractivity contribution in [1.82, 2.24) is 9.36 Å². The van der Waals surface area contributed by atoms with E-state index in [4.69, 9.17) is 5.73 Å². The van der Waals surface area contributed by atoms with Gasteiger partial charge in [-0.05, 0) is 42.2 Å². The predicted molar refractivity (Wildman–Crippen MR) is 63.0 cm³/mol. The van der Waals surface area contributed by atoms with Gasteiger partial charge in [0.05, 0.1) is 0 Å². The van der Waals surface area contributed by atoms with E-state index in [0.717, 1.165) is 14.8 Å². The van der Waals surface area contributed by atoms with Crippen LogP contribution in [0.2, 0.25) is 0 Å². The first-order valence-corrected chi connectivity index (χ1v) is 6.25. The Morgan fingerprint density at radius 3 is 2.94 bits per heavy atom.